The summed E-state index contributed by atoms with van der Waals surface area (Å²) in [5.41, 5.74) is 1.31. The Balaban J connectivity index is 2.07. The average Bonchev–Trinajstić information content (AvgIpc) is 2.99. The second-order valence-corrected chi connectivity index (χ2v) is 4.39. The van der Waals surface area contributed by atoms with E-state index in [1.54, 1.807) is 6.33 Å². The molecule has 2 heterocycles. The van der Waals surface area contributed by atoms with Gasteiger partial charge in [-0.15, -0.1) is 0 Å². The fourth-order valence-electron chi connectivity index (χ4n) is 2.08. The van der Waals surface area contributed by atoms with E-state index in [4.69, 9.17) is 0 Å². The molecular formula is C13H21N5. The van der Waals surface area contributed by atoms with Gasteiger partial charge < -0.3 is 9.88 Å². The molecule has 0 fully saturated rings. The summed E-state index contributed by atoms with van der Waals surface area (Å²) in [6.07, 6.45) is 5.88. The van der Waals surface area contributed by atoms with E-state index in [2.05, 4.69) is 59.2 Å². The molecule has 0 saturated heterocycles. The highest BCUT2D eigenvalue weighted by molar-refractivity contribution is 5.15. The fraction of sp³-hybridized carbons (Fsp3) is 0.538. The van der Waals surface area contributed by atoms with E-state index in [1.165, 1.54) is 5.56 Å². The maximum absolute atomic E-state index is 4.29. The molecule has 0 radical (unpaired) electrons. The first-order chi connectivity index (χ1) is 8.74. The largest absolute Gasteiger partial charge is 0.346 e. The van der Waals surface area contributed by atoms with Gasteiger partial charge in [0, 0.05) is 25.0 Å². The molecule has 5 nitrogen and oxygen atoms in total. The lowest BCUT2D eigenvalue weighted by Gasteiger charge is -2.10. The quantitative estimate of drug-likeness (QED) is 0.847. The second kappa shape index (κ2) is 5.82. The van der Waals surface area contributed by atoms with Crippen LogP contribution in [0.4, 0.5) is 0 Å². The number of aromatic nitrogens is 4. The van der Waals surface area contributed by atoms with Crippen LogP contribution >= 0.6 is 0 Å². The van der Waals surface area contributed by atoms with E-state index in [0.717, 1.165) is 25.5 Å². The van der Waals surface area contributed by atoms with Gasteiger partial charge in [-0.2, -0.15) is 5.10 Å². The lowest BCUT2D eigenvalue weighted by Crippen LogP contribution is -2.17. The van der Waals surface area contributed by atoms with Crippen LogP contribution in [0, 0.1) is 0 Å². The zero-order valence-electron chi connectivity index (χ0n) is 11.3. The maximum atomic E-state index is 4.29. The van der Waals surface area contributed by atoms with Crippen LogP contribution in [-0.2, 0) is 13.1 Å². The summed E-state index contributed by atoms with van der Waals surface area (Å²) in [5.74, 6) is 0.996. The average molecular weight is 247 g/mol. The Morgan fingerprint density at radius 1 is 1.39 bits per heavy atom. The second-order valence-electron chi connectivity index (χ2n) is 4.39. The summed E-state index contributed by atoms with van der Waals surface area (Å²) in [6.45, 7) is 8.99. The van der Waals surface area contributed by atoms with Gasteiger partial charge >= 0.3 is 0 Å². The summed E-state index contributed by atoms with van der Waals surface area (Å²) < 4.78 is 4.08. The van der Waals surface area contributed by atoms with Gasteiger partial charge in [-0.3, -0.25) is 0 Å². The SMILES string of the molecule is CCNC(C)c1ccn(Cc2ncnn2CC)c1. The predicted octanol–water partition coefficient (Wildman–Crippen LogP) is 1.82. The van der Waals surface area contributed by atoms with Crippen molar-refractivity contribution in [3.63, 3.8) is 0 Å². The van der Waals surface area contributed by atoms with Crippen LogP contribution < -0.4 is 5.32 Å². The van der Waals surface area contributed by atoms with Gasteiger partial charge in [0.1, 0.15) is 12.2 Å². The Kier molecular flexibility index (Phi) is 4.15. The lowest BCUT2D eigenvalue weighted by molar-refractivity contribution is 0.584. The minimum atomic E-state index is 0.389. The van der Waals surface area contributed by atoms with Crippen LogP contribution in [0.5, 0.6) is 0 Å². The van der Waals surface area contributed by atoms with Gasteiger partial charge in [-0.05, 0) is 32.0 Å². The van der Waals surface area contributed by atoms with Crippen molar-refractivity contribution in [2.45, 2.75) is 39.9 Å². The molecule has 18 heavy (non-hydrogen) atoms. The minimum Gasteiger partial charge on any atom is -0.346 e. The third-order valence-corrected chi connectivity index (χ3v) is 3.10. The van der Waals surface area contributed by atoms with Crippen LogP contribution in [0.1, 0.15) is 38.2 Å². The van der Waals surface area contributed by atoms with Crippen LogP contribution in [0.2, 0.25) is 0 Å². The highest BCUT2D eigenvalue weighted by Gasteiger charge is 2.07. The Hall–Kier alpha value is -1.62. The molecule has 2 rings (SSSR count). The summed E-state index contributed by atoms with van der Waals surface area (Å²) in [5, 5.41) is 7.59. The molecule has 5 heteroatoms. The summed E-state index contributed by atoms with van der Waals surface area (Å²) >= 11 is 0. The molecule has 0 aromatic carbocycles. The van der Waals surface area contributed by atoms with Crippen LogP contribution in [-0.4, -0.2) is 25.9 Å². The summed E-state index contributed by atoms with van der Waals surface area (Å²) in [6, 6.07) is 2.54. The number of hydrogen-bond donors (Lipinski definition) is 1. The van der Waals surface area contributed by atoms with Gasteiger partial charge in [0.05, 0.1) is 6.54 Å². The number of nitrogens with zero attached hydrogens (tertiary/aromatic N) is 4. The number of nitrogens with one attached hydrogen (secondary N) is 1. The van der Waals surface area contributed by atoms with Crippen LogP contribution in [0.25, 0.3) is 0 Å². The molecule has 0 saturated carbocycles. The van der Waals surface area contributed by atoms with E-state index < -0.39 is 0 Å². The predicted molar refractivity (Wildman–Crippen MR) is 71.3 cm³/mol. The monoisotopic (exact) mass is 247 g/mol. The molecule has 0 aliphatic heterocycles. The molecule has 2 aromatic heterocycles. The van der Waals surface area contributed by atoms with Crippen LogP contribution in [0.15, 0.2) is 24.8 Å². The van der Waals surface area contributed by atoms with Crippen LogP contribution in [0.3, 0.4) is 0 Å². The summed E-state index contributed by atoms with van der Waals surface area (Å²) in [7, 11) is 0. The standard InChI is InChI=1S/C13H21N5/c1-4-14-11(3)12-6-7-17(8-12)9-13-15-10-16-18(13)5-2/h6-8,10-11,14H,4-5,9H2,1-3H3. The molecule has 1 atom stereocenters. The van der Waals surface area contributed by atoms with Gasteiger partial charge in [0.2, 0.25) is 0 Å². The van der Waals surface area contributed by atoms with Gasteiger partial charge in [-0.1, -0.05) is 6.92 Å². The Bertz CT molecular complexity index is 485. The van der Waals surface area contributed by atoms with E-state index in [-0.39, 0.29) is 0 Å². The molecule has 98 valence electrons. The smallest absolute Gasteiger partial charge is 0.146 e. The highest BCUT2D eigenvalue weighted by atomic mass is 15.3. The normalized spacial score (nSPS) is 12.8. The third kappa shape index (κ3) is 2.79. The van der Waals surface area contributed by atoms with Crippen molar-refractivity contribution in [2.75, 3.05) is 6.54 Å². The molecule has 0 aliphatic carbocycles. The molecule has 1 unspecified atom stereocenters. The van der Waals surface area contributed by atoms with Crippen molar-refractivity contribution >= 4 is 0 Å². The lowest BCUT2D eigenvalue weighted by atomic mass is 10.2. The van der Waals surface area contributed by atoms with Crippen molar-refractivity contribution < 1.29 is 0 Å². The number of hydrogen-bond acceptors (Lipinski definition) is 3. The topological polar surface area (TPSA) is 47.7 Å². The first-order valence-corrected chi connectivity index (χ1v) is 6.50. The number of rotatable bonds is 6. The summed E-state index contributed by atoms with van der Waals surface area (Å²) in [4.78, 5) is 4.29. The first kappa shape index (κ1) is 12.8. The van der Waals surface area contributed by atoms with E-state index in [1.807, 2.05) is 4.68 Å². The molecule has 2 aromatic rings. The van der Waals surface area contributed by atoms with Gasteiger partial charge in [0.25, 0.3) is 0 Å². The maximum Gasteiger partial charge on any atom is 0.146 e. The van der Waals surface area contributed by atoms with Crippen molar-refractivity contribution in [1.82, 2.24) is 24.6 Å². The first-order valence-electron chi connectivity index (χ1n) is 6.50. The number of aryl methyl sites for hydroxylation is 1. The zero-order valence-corrected chi connectivity index (χ0v) is 11.3. The van der Waals surface area contributed by atoms with E-state index in [9.17, 15) is 0 Å². The Morgan fingerprint density at radius 3 is 2.94 bits per heavy atom. The Labute approximate surface area is 108 Å². The molecule has 0 aliphatic rings. The molecule has 1 N–H and O–H groups in total. The molecular weight excluding hydrogens is 226 g/mol. The van der Waals surface area contributed by atoms with Crippen molar-refractivity contribution in [2.24, 2.45) is 0 Å². The molecule has 0 spiro atoms. The van der Waals surface area contributed by atoms with Crippen molar-refractivity contribution in [3.05, 3.63) is 36.2 Å². The fourth-order valence-corrected chi connectivity index (χ4v) is 2.08. The van der Waals surface area contributed by atoms with Gasteiger partial charge in [0.15, 0.2) is 0 Å². The zero-order chi connectivity index (χ0) is 13.0. The third-order valence-electron chi connectivity index (χ3n) is 3.10. The van der Waals surface area contributed by atoms with E-state index in [0.29, 0.717) is 6.04 Å². The molecule has 0 amide bonds. The van der Waals surface area contributed by atoms with E-state index >= 15 is 0 Å². The minimum absolute atomic E-state index is 0.389. The Morgan fingerprint density at radius 2 is 2.22 bits per heavy atom. The highest BCUT2D eigenvalue weighted by Crippen LogP contribution is 2.13. The van der Waals surface area contributed by atoms with Crippen molar-refractivity contribution in [3.8, 4) is 0 Å². The van der Waals surface area contributed by atoms with Crippen molar-refractivity contribution in [1.29, 1.82) is 0 Å². The molecule has 0 bridgehead atoms. The van der Waals surface area contributed by atoms with Gasteiger partial charge in [-0.25, -0.2) is 9.67 Å².